The first-order chi connectivity index (χ1) is 14.2. The topological polar surface area (TPSA) is 110 Å². The molecule has 1 aromatic heterocycles. The summed E-state index contributed by atoms with van der Waals surface area (Å²) in [6, 6.07) is 6.90. The van der Waals surface area contributed by atoms with Crippen LogP contribution in [0, 0.1) is 0 Å². The number of nitrogens with one attached hydrogen (secondary N) is 1. The molecule has 0 radical (unpaired) electrons. The summed E-state index contributed by atoms with van der Waals surface area (Å²) < 4.78 is 4.73. The molecule has 1 aliphatic carbocycles. The fraction of sp³-hybridized carbons (Fsp3) is 0.450. The highest BCUT2D eigenvalue weighted by Gasteiger charge is 2.22. The smallest absolute Gasteiger partial charge is 0.265 e. The van der Waals surface area contributed by atoms with Crippen LogP contribution in [0.4, 0.5) is 5.69 Å². The Kier molecular flexibility index (Phi) is 5.83. The first-order valence-corrected chi connectivity index (χ1v) is 9.90. The minimum atomic E-state index is -0.334. The number of hydrogen-bond acceptors (Lipinski definition) is 7. The van der Waals surface area contributed by atoms with Crippen LogP contribution in [0.25, 0.3) is 0 Å². The van der Waals surface area contributed by atoms with Gasteiger partial charge in [0, 0.05) is 24.3 Å². The maximum absolute atomic E-state index is 12.5. The van der Waals surface area contributed by atoms with Crippen molar-refractivity contribution in [3.8, 4) is 0 Å². The van der Waals surface area contributed by atoms with Crippen molar-refractivity contribution in [3.63, 3.8) is 0 Å². The van der Waals surface area contributed by atoms with Crippen molar-refractivity contribution in [1.29, 1.82) is 0 Å². The number of rotatable bonds is 5. The van der Waals surface area contributed by atoms with Gasteiger partial charge in [0.25, 0.3) is 11.8 Å². The number of amides is 2. The predicted molar refractivity (Wildman–Crippen MR) is 105 cm³/mol. The van der Waals surface area contributed by atoms with Gasteiger partial charge in [0.2, 0.25) is 0 Å². The number of likely N-dealkylation sites (tertiary alicyclic amines) is 1. The van der Waals surface area contributed by atoms with Crippen molar-refractivity contribution in [2.24, 2.45) is 5.16 Å². The van der Waals surface area contributed by atoms with E-state index in [2.05, 4.69) is 20.8 Å². The Morgan fingerprint density at radius 3 is 2.66 bits per heavy atom. The van der Waals surface area contributed by atoms with Crippen LogP contribution in [-0.2, 0) is 16.1 Å². The molecule has 0 atom stereocenters. The van der Waals surface area contributed by atoms with Crippen LogP contribution in [0.15, 0.2) is 34.1 Å². The fourth-order valence-electron chi connectivity index (χ4n) is 3.56. The molecule has 2 heterocycles. The van der Waals surface area contributed by atoms with Crippen LogP contribution in [0.3, 0.4) is 0 Å². The second-order valence-corrected chi connectivity index (χ2v) is 7.20. The highest BCUT2D eigenvalue weighted by molar-refractivity contribution is 6.00. The van der Waals surface area contributed by atoms with Crippen molar-refractivity contribution in [2.75, 3.05) is 25.0 Å². The van der Waals surface area contributed by atoms with Crippen LogP contribution in [0.5, 0.6) is 0 Å². The minimum Gasteiger partial charge on any atom is -0.385 e. The number of piperidine rings is 1. The zero-order valence-electron chi connectivity index (χ0n) is 16.1. The van der Waals surface area contributed by atoms with Gasteiger partial charge >= 0.3 is 0 Å². The van der Waals surface area contributed by atoms with Crippen molar-refractivity contribution in [1.82, 2.24) is 15.2 Å². The van der Waals surface area contributed by atoms with Crippen LogP contribution >= 0.6 is 0 Å². The van der Waals surface area contributed by atoms with Crippen LogP contribution < -0.4 is 5.32 Å². The number of carbonyl (C=O) groups excluding carboxylic acids is 2. The number of benzene rings is 1. The quantitative estimate of drug-likeness (QED) is 0.776. The fourth-order valence-corrected chi connectivity index (χ4v) is 3.56. The van der Waals surface area contributed by atoms with Gasteiger partial charge in [-0.1, -0.05) is 10.3 Å². The third kappa shape index (κ3) is 4.61. The summed E-state index contributed by atoms with van der Waals surface area (Å²) in [5.41, 5.74) is 3.23. The highest BCUT2D eigenvalue weighted by atomic mass is 16.6. The van der Waals surface area contributed by atoms with E-state index in [1.165, 1.54) is 6.42 Å². The largest absolute Gasteiger partial charge is 0.385 e. The second-order valence-electron chi connectivity index (χ2n) is 7.20. The molecule has 0 bridgehead atoms. The van der Waals surface area contributed by atoms with E-state index in [0.29, 0.717) is 29.1 Å². The molecular formula is C20H23N5O4. The minimum absolute atomic E-state index is 0.0379. The maximum atomic E-state index is 12.5. The molecule has 1 aliphatic heterocycles. The molecule has 2 amide bonds. The van der Waals surface area contributed by atoms with Gasteiger partial charge in [0.15, 0.2) is 12.3 Å². The number of nitrogens with zero attached hydrogens (tertiary/aromatic N) is 4. The zero-order valence-corrected chi connectivity index (χ0v) is 16.1. The van der Waals surface area contributed by atoms with E-state index in [9.17, 15) is 9.59 Å². The van der Waals surface area contributed by atoms with E-state index in [0.717, 1.165) is 44.5 Å². The molecule has 29 heavy (non-hydrogen) atoms. The maximum Gasteiger partial charge on any atom is 0.265 e. The van der Waals surface area contributed by atoms with Crippen LogP contribution in [0.2, 0.25) is 0 Å². The molecule has 1 saturated heterocycles. The molecule has 1 N–H and O–H groups in total. The summed E-state index contributed by atoms with van der Waals surface area (Å²) in [7, 11) is 0. The molecule has 0 saturated carbocycles. The summed E-state index contributed by atoms with van der Waals surface area (Å²) in [5, 5.41) is 14.4. The standard InChI is InChI=1S/C20H23N5O4/c26-18(13-28-22-16-5-4-6-17-19(16)24-29-23-17)21-15-9-7-14(8-10-15)20(27)25-11-2-1-3-12-25/h7-10H,1-6,11-13H2,(H,21,26). The van der Waals surface area contributed by atoms with Crippen LogP contribution in [-0.4, -0.2) is 52.4 Å². The number of fused-ring (bicyclic) bond motifs is 1. The Morgan fingerprint density at radius 1 is 1.07 bits per heavy atom. The molecule has 0 spiro atoms. The number of oxime groups is 1. The Labute approximate surface area is 168 Å². The van der Waals surface area contributed by atoms with E-state index >= 15 is 0 Å². The zero-order chi connectivity index (χ0) is 20.1. The second kappa shape index (κ2) is 8.85. The molecular weight excluding hydrogens is 374 g/mol. The van der Waals surface area contributed by atoms with Gasteiger partial charge in [-0.25, -0.2) is 4.63 Å². The van der Waals surface area contributed by atoms with Crippen LogP contribution in [0.1, 0.15) is 53.8 Å². The lowest BCUT2D eigenvalue weighted by molar-refractivity contribution is -0.120. The third-order valence-corrected chi connectivity index (χ3v) is 5.09. The molecule has 152 valence electrons. The molecule has 1 fully saturated rings. The first kappa shape index (κ1) is 19.1. The average molecular weight is 397 g/mol. The van der Waals surface area contributed by atoms with E-state index in [1.54, 1.807) is 24.3 Å². The average Bonchev–Trinajstić information content (AvgIpc) is 3.24. The predicted octanol–water partition coefficient (Wildman–Crippen LogP) is 2.39. The van der Waals surface area contributed by atoms with Crippen molar-refractivity contribution >= 4 is 23.2 Å². The van der Waals surface area contributed by atoms with Gasteiger partial charge in [0.05, 0.1) is 0 Å². The lowest BCUT2D eigenvalue weighted by atomic mass is 9.99. The Morgan fingerprint density at radius 2 is 1.86 bits per heavy atom. The lowest BCUT2D eigenvalue weighted by Crippen LogP contribution is -2.35. The summed E-state index contributed by atoms with van der Waals surface area (Å²) in [5.74, 6) is -0.297. The van der Waals surface area contributed by atoms with E-state index < -0.39 is 0 Å². The van der Waals surface area contributed by atoms with Crippen molar-refractivity contribution in [2.45, 2.75) is 38.5 Å². The van der Waals surface area contributed by atoms with E-state index in [1.807, 2.05) is 4.90 Å². The van der Waals surface area contributed by atoms with E-state index in [4.69, 9.17) is 9.47 Å². The van der Waals surface area contributed by atoms with Gasteiger partial charge < -0.3 is 15.1 Å². The molecule has 4 rings (SSSR count). The number of aryl methyl sites for hydroxylation is 1. The Hall–Kier alpha value is -3.23. The highest BCUT2D eigenvalue weighted by Crippen LogP contribution is 2.18. The lowest BCUT2D eigenvalue weighted by Gasteiger charge is -2.26. The summed E-state index contributed by atoms with van der Waals surface area (Å²) >= 11 is 0. The van der Waals surface area contributed by atoms with Gasteiger partial charge in [-0.15, -0.1) is 0 Å². The van der Waals surface area contributed by atoms with Gasteiger partial charge in [-0.2, -0.15) is 0 Å². The first-order valence-electron chi connectivity index (χ1n) is 9.90. The van der Waals surface area contributed by atoms with Crippen molar-refractivity contribution in [3.05, 3.63) is 41.2 Å². The number of aromatic nitrogens is 2. The van der Waals surface area contributed by atoms with Crippen molar-refractivity contribution < 1.29 is 19.1 Å². The normalized spacial score (nSPS) is 17.7. The summed E-state index contributed by atoms with van der Waals surface area (Å²) in [6.07, 6.45) is 5.68. The number of hydrogen-bond donors (Lipinski definition) is 1. The van der Waals surface area contributed by atoms with E-state index in [-0.39, 0.29) is 18.4 Å². The number of anilines is 1. The Bertz CT molecular complexity index is 900. The molecule has 2 aliphatic rings. The van der Waals surface area contributed by atoms with Gasteiger partial charge in [0.1, 0.15) is 11.4 Å². The SMILES string of the molecule is O=C(CON=C1CCCc2nonc21)Nc1ccc(C(=O)N2CCCCC2)cc1. The monoisotopic (exact) mass is 397 g/mol. The molecule has 0 unspecified atom stereocenters. The molecule has 1 aromatic carbocycles. The third-order valence-electron chi connectivity index (χ3n) is 5.09. The molecule has 9 nitrogen and oxygen atoms in total. The number of carbonyl (C=O) groups is 2. The molecule has 2 aromatic rings. The van der Waals surface area contributed by atoms with Gasteiger partial charge in [-0.3, -0.25) is 9.59 Å². The molecule has 9 heteroatoms. The Balaban J connectivity index is 1.28. The van der Waals surface area contributed by atoms with Gasteiger partial charge in [-0.05, 0) is 67.9 Å². The summed E-state index contributed by atoms with van der Waals surface area (Å²) in [6.45, 7) is 1.39. The summed E-state index contributed by atoms with van der Waals surface area (Å²) in [4.78, 5) is 31.6.